The van der Waals surface area contributed by atoms with Gasteiger partial charge in [-0.2, -0.15) is 0 Å². The first kappa shape index (κ1) is 45.1. The molecular formula is C33H66O7. The van der Waals surface area contributed by atoms with Crippen LogP contribution in [0.2, 0.25) is 0 Å². The molecule has 5 rings (SSSR count). The van der Waals surface area contributed by atoms with E-state index in [1.807, 2.05) is 6.92 Å². The Bertz CT molecular complexity index is 869. The van der Waals surface area contributed by atoms with Gasteiger partial charge in [0.15, 0.2) is 0 Å². The van der Waals surface area contributed by atoms with Gasteiger partial charge in [-0.3, -0.25) is 19.2 Å². The van der Waals surface area contributed by atoms with Crippen molar-refractivity contribution in [2.24, 2.45) is 52.8 Å². The molecule has 5 aliphatic rings. The number of rotatable bonds is 5. The molecule has 0 aromatic heterocycles. The van der Waals surface area contributed by atoms with Crippen molar-refractivity contribution in [2.45, 2.75) is 131 Å². The molecule has 0 N–H and O–H groups in total. The summed E-state index contributed by atoms with van der Waals surface area (Å²) in [6.45, 7) is 8.97. The second kappa shape index (κ2) is 15.3. The second-order valence-corrected chi connectivity index (χ2v) is 11.6. The third-order valence-corrected chi connectivity index (χ3v) is 9.92. The molecule has 3 aliphatic heterocycles. The molecule has 2 saturated carbocycles. The minimum absolute atomic E-state index is 0. The Morgan fingerprint density at radius 1 is 0.775 bits per heavy atom. The maximum atomic E-state index is 13.0. The van der Waals surface area contributed by atoms with Gasteiger partial charge in [-0.15, -0.1) is 0 Å². The predicted octanol–water partition coefficient (Wildman–Crippen LogP) is 8.37. The Morgan fingerprint density at radius 2 is 1.35 bits per heavy atom. The molecule has 5 fully saturated rings. The van der Waals surface area contributed by atoms with Gasteiger partial charge in [0, 0.05) is 19.3 Å². The van der Waals surface area contributed by atoms with Gasteiger partial charge in [0.05, 0.1) is 23.9 Å². The summed E-state index contributed by atoms with van der Waals surface area (Å²) in [5.74, 6) is -0.106. The lowest BCUT2D eigenvalue weighted by Crippen LogP contribution is -2.44. The average Bonchev–Trinajstić information content (AvgIpc) is 3.47. The zero-order valence-electron chi connectivity index (χ0n) is 19.4. The number of carbonyl (C=O) groups is 4. The highest BCUT2D eigenvalue weighted by molar-refractivity contribution is 5.96. The summed E-state index contributed by atoms with van der Waals surface area (Å²) in [4.78, 5) is 50.5. The molecule has 10 unspecified atom stereocenters. The van der Waals surface area contributed by atoms with E-state index in [4.69, 9.17) is 14.2 Å². The van der Waals surface area contributed by atoms with Gasteiger partial charge in [-0.05, 0) is 61.7 Å². The van der Waals surface area contributed by atoms with Crippen molar-refractivity contribution in [3.63, 3.8) is 0 Å². The van der Waals surface area contributed by atoms with Gasteiger partial charge in [-0.25, -0.2) is 0 Å². The lowest BCUT2D eigenvalue weighted by molar-refractivity contribution is -0.161. The number of esters is 4. The zero-order valence-corrected chi connectivity index (χ0v) is 19.4. The van der Waals surface area contributed by atoms with Crippen LogP contribution in [0.3, 0.4) is 0 Å². The van der Waals surface area contributed by atoms with Gasteiger partial charge in [-0.1, -0.05) is 80.2 Å². The van der Waals surface area contributed by atoms with Crippen LogP contribution >= 0.6 is 0 Å². The topological polar surface area (TPSA) is 96.0 Å². The molecule has 240 valence electrons. The lowest BCUT2D eigenvalue weighted by Gasteiger charge is -2.41. The van der Waals surface area contributed by atoms with Crippen molar-refractivity contribution in [1.82, 2.24) is 0 Å². The summed E-state index contributed by atoms with van der Waals surface area (Å²) >= 11 is 0. The van der Waals surface area contributed by atoms with Crippen molar-refractivity contribution >= 4 is 23.9 Å². The number of fused-ring (bicyclic) bond motifs is 2. The van der Waals surface area contributed by atoms with Crippen LogP contribution in [0.4, 0.5) is 0 Å². The van der Waals surface area contributed by atoms with Crippen molar-refractivity contribution < 1.29 is 33.4 Å². The standard InChI is InChI=1S/C25H34O7.8CH4/c1-12-13(2)16-9-15(12)14(3)19(16)20-17(21(27)31-22(20)28)10-25(6-5-18(26)32-25)11-24(4)7-8-30-23(24)29;;;;;;;;/h12-17,19-20H,5-11H2,1-4H3;8*1H4. The van der Waals surface area contributed by atoms with Crippen LogP contribution < -0.4 is 0 Å². The molecule has 0 amide bonds. The molecule has 7 heteroatoms. The molecule has 7 nitrogen and oxygen atoms in total. The lowest BCUT2D eigenvalue weighted by atomic mass is 9.62. The van der Waals surface area contributed by atoms with E-state index in [2.05, 4.69) is 20.8 Å². The number of carbonyl (C=O) groups excluding carboxylic acids is 4. The van der Waals surface area contributed by atoms with Gasteiger partial charge in [0.25, 0.3) is 0 Å². The Kier molecular flexibility index (Phi) is 17.3. The highest BCUT2D eigenvalue weighted by atomic mass is 16.6. The molecule has 0 aromatic rings. The van der Waals surface area contributed by atoms with Crippen LogP contribution in [0, 0.1) is 52.8 Å². The Balaban J connectivity index is -0.000000810. The summed E-state index contributed by atoms with van der Waals surface area (Å²) in [6, 6.07) is 0. The average molecular weight is 575 g/mol. The van der Waals surface area contributed by atoms with E-state index in [9.17, 15) is 19.2 Å². The predicted molar refractivity (Wildman–Crippen MR) is 165 cm³/mol. The first-order valence-electron chi connectivity index (χ1n) is 12.2. The van der Waals surface area contributed by atoms with Crippen molar-refractivity contribution in [3.05, 3.63) is 0 Å². The third-order valence-electron chi connectivity index (χ3n) is 9.92. The maximum absolute atomic E-state index is 13.0. The molecule has 3 heterocycles. The molecule has 0 radical (unpaired) electrons. The van der Waals surface area contributed by atoms with Crippen LogP contribution in [0.1, 0.15) is 126 Å². The minimum atomic E-state index is -0.943. The van der Waals surface area contributed by atoms with Crippen LogP contribution in [0.15, 0.2) is 0 Å². The molecule has 2 bridgehead atoms. The van der Waals surface area contributed by atoms with E-state index in [1.165, 1.54) is 0 Å². The van der Waals surface area contributed by atoms with E-state index >= 15 is 0 Å². The van der Waals surface area contributed by atoms with Crippen LogP contribution in [-0.2, 0) is 33.4 Å². The van der Waals surface area contributed by atoms with Gasteiger partial charge < -0.3 is 14.2 Å². The smallest absolute Gasteiger partial charge is 0.317 e. The number of ether oxygens (including phenoxy) is 3. The SMILES string of the molecule is C.C.C.C.C.C.C.C.CC1C(C)C2CC1C(C)C2C1C(=O)OC(=O)C1CC1(CC2(C)CCOC2=O)CCC(=O)O1. The molecule has 0 aromatic carbocycles. The van der Waals surface area contributed by atoms with E-state index < -0.39 is 34.8 Å². The van der Waals surface area contributed by atoms with Crippen molar-refractivity contribution in [3.8, 4) is 0 Å². The monoisotopic (exact) mass is 574 g/mol. The number of cyclic esters (lactones) is 4. The van der Waals surface area contributed by atoms with E-state index in [0.29, 0.717) is 55.5 Å². The summed E-state index contributed by atoms with van der Waals surface area (Å²) in [5, 5.41) is 0. The van der Waals surface area contributed by atoms with Gasteiger partial charge >= 0.3 is 23.9 Å². The maximum Gasteiger partial charge on any atom is 0.317 e. The highest BCUT2D eigenvalue weighted by Gasteiger charge is 2.63. The summed E-state index contributed by atoms with van der Waals surface area (Å²) < 4.78 is 16.3. The fraction of sp³-hybridized carbons (Fsp3) is 0.879. The first-order valence-corrected chi connectivity index (χ1v) is 12.2. The fourth-order valence-corrected chi connectivity index (χ4v) is 8.11. The van der Waals surface area contributed by atoms with Crippen molar-refractivity contribution in [2.75, 3.05) is 6.61 Å². The molecule has 2 aliphatic carbocycles. The van der Waals surface area contributed by atoms with E-state index in [0.717, 1.165) is 6.42 Å². The number of hydrogen-bond donors (Lipinski definition) is 0. The summed E-state index contributed by atoms with van der Waals surface area (Å²) in [6.07, 6.45) is 2.91. The zero-order chi connectivity index (χ0) is 23.0. The fourth-order valence-electron chi connectivity index (χ4n) is 8.11. The van der Waals surface area contributed by atoms with Crippen LogP contribution in [-0.4, -0.2) is 36.1 Å². The van der Waals surface area contributed by atoms with Gasteiger partial charge in [0.2, 0.25) is 0 Å². The normalized spacial score (nSPS) is 40.1. The molecule has 40 heavy (non-hydrogen) atoms. The van der Waals surface area contributed by atoms with Crippen LogP contribution in [0.25, 0.3) is 0 Å². The Labute approximate surface area is 247 Å². The highest BCUT2D eigenvalue weighted by Crippen LogP contribution is 2.62. The summed E-state index contributed by atoms with van der Waals surface area (Å²) in [7, 11) is 0. The minimum Gasteiger partial charge on any atom is -0.465 e. The van der Waals surface area contributed by atoms with Crippen LogP contribution in [0.5, 0.6) is 0 Å². The van der Waals surface area contributed by atoms with Gasteiger partial charge in [0.1, 0.15) is 5.60 Å². The molecule has 3 saturated heterocycles. The van der Waals surface area contributed by atoms with Crippen molar-refractivity contribution in [1.29, 1.82) is 0 Å². The summed E-state index contributed by atoms with van der Waals surface area (Å²) in [5.41, 5.74) is -1.70. The third kappa shape index (κ3) is 6.75. The quantitative estimate of drug-likeness (QED) is 0.185. The van der Waals surface area contributed by atoms with E-state index in [1.54, 1.807) is 0 Å². The molecule has 10 atom stereocenters. The van der Waals surface area contributed by atoms with E-state index in [-0.39, 0.29) is 90.1 Å². The first-order chi connectivity index (χ1) is 15.1. The number of hydrogen-bond acceptors (Lipinski definition) is 7. The second-order valence-electron chi connectivity index (χ2n) is 11.6. The molecular weight excluding hydrogens is 508 g/mol. The molecule has 0 spiro atoms. The Hall–Kier alpha value is -1.92. The Morgan fingerprint density at radius 3 is 1.82 bits per heavy atom. The largest absolute Gasteiger partial charge is 0.465 e.